The molecular weight excluding hydrogens is 228 g/mol. The van der Waals surface area contributed by atoms with Gasteiger partial charge in [-0.1, -0.05) is 19.3 Å². The molecule has 1 rings (SSSR count). The van der Waals surface area contributed by atoms with Gasteiger partial charge in [0.25, 0.3) is 0 Å². The third-order valence-corrected chi connectivity index (χ3v) is 1.95. The van der Waals surface area contributed by atoms with Gasteiger partial charge < -0.3 is 5.11 Å². The summed E-state index contributed by atoms with van der Waals surface area (Å²) in [7, 11) is 0. The molecule has 0 saturated heterocycles. The van der Waals surface area contributed by atoms with Crippen LogP contribution >= 0.6 is 0 Å². The Hall–Kier alpha value is 0.392. The molecule has 2 nitrogen and oxygen atoms in total. The first kappa shape index (κ1) is 10.4. The van der Waals surface area contributed by atoms with Gasteiger partial charge in [0.2, 0.25) is 0 Å². The summed E-state index contributed by atoms with van der Waals surface area (Å²) in [6.45, 7) is 0. The maximum atomic E-state index is 10.4. The van der Waals surface area contributed by atoms with Crippen LogP contribution in [0.15, 0.2) is 0 Å². The second-order valence-corrected chi connectivity index (χ2v) is 2.67. The van der Waals surface area contributed by atoms with Crippen LogP contribution in [0.4, 0.5) is 0 Å². The van der Waals surface area contributed by atoms with Crippen molar-refractivity contribution in [1.82, 2.24) is 0 Å². The largest absolute Gasteiger partial charge is 0.481 e. The van der Waals surface area contributed by atoms with Gasteiger partial charge in [-0.2, -0.15) is 0 Å². The molecule has 1 saturated carbocycles. The van der Waals surface area contributed by atoms with Gasteiger partial charge >= 0.3 is 5.97 Å². The Kier molecular flexibility index (Phi) is 5.30. The Bertz CT molecular complexity index is 108. The maximum absolute atomic E-state index is 10.4. The van der Waals surface area contributed by atoms with Gasteiger partial charge in [-0.15, -0.1) is 0 Å². The topological polar surface area (TPSA) is 37.3 Å². The Morgan fingerprint density at radius 2 is 1.70 bits per heavy atom. The van der Waals surface area contributed by atoms with Crippen molar-refractivity contribution in [1.29, 1.82) is 0 Å². The number of hydrogen-bond donors (Lipinski definition) is 1. The van der Waals surface area contributed by atoms with Crippen LogP contribution in [0.5, 0.6) is 0 Å². The summed E-state index contributed by atoms with van der Waals surface area (Å²) in [5, 5.41) is 8.54. The van der Waals surface area contributed by atoms with Crippen LogP contribution in [-0.4, -0.2) is 11.1 Å². The molecule has 1 N–H and O–H groups in total. The molecule has 1 fully saturated rings. The average Bonchev–Trinajstić information content (AvgIpc) is 1.90. The van der Waals surface area contributed by atoms with Crippen LogP contribution in [0.25, 0.3) is 0 Å². The van der Waals surface area contributed by atoms with Crippen molar-refractivity contribution >= 4 is 5.97 Å². The molecule has 0 spiro atoms. The second kappa shape index (κ2) is 5.10. The fourth-order valence-electron chi connectivity index (χ4n) is 1.35. The van der Waals surface area contributed by atoms with E-state index in [4.69, 9.17) is 5.11 Å². The van der Waals surface area contributed by atoms with Crippen molar-refractivity contribution in [2.75, 3.05) is 0 Å². The molecule has 0 radical (unpaired) electrons. The van der Waals surface area contributed by atoms with E-state index in [0.29, 0.717) is 0 Å². The maximum Gasteiger partial charge on any atom is 0.306 e. The van der Waals surface area contributed by atoms with Crippen molar-refractivity contribution in [3.05, 3.63) is 0 Å². The molecule has 0 amide bonds. The first-order valence-corrected chi connectivity index (χ1v) is 3.53. The summed E-state index contributed by atoms with van der Waals surface area (Å²) in [6, 6.07) is 0. The molecule has 0 unspecified atom stereocenters. The van der Waals surface area contributed by atoms with E-state index in [2.05, 4.69) is 0 Å². The quantitative estimate of drug-likeness (QED) is 0.708. The predicted molar refractivity (Wildman–Crippen MR) is 34.2 cm³/mol. The smallest absolute Gasteiger partial charge is 0.306 e. The van der Waals surface area contributed by atoms with Crippen LogP contribution in [0.3, 0.4) is 0 Å². The van der Waals surface area contributed by atoms with Crippen LogP contribution in [0.1, 0.15) is 32.1 Å². The van der Waals surface area contributed by atoms with E-state index in [1.807, 2.05) is 0 Å². The zero-order valence-electron chi connectivity index (χ0n) is 6.18. The summed E-state index contributed by atoms with van der Waals surface area (Å²) in [6.07, 6.45) is 5.24. The molecule has 10 heavy (non-hydrogen) atoms. The van der Waals surface area contributed by atoms with Crippen LogP contribution in [0, 0.1) is 5.92 Å². The van der Waals surface area contributed by atoms with E-state index in [1.165, 1.54) is 6.42 Å². The van der Waals surface area contributed by atoms with E-state index in [0.717, 1.165) is 25.7 Å². The molecular formula is C7H12CdO2. The molecule has 0 aliphatic heterocycles. The van der Waals surface area contributed by atoms with Crippen molar-refractivity contribution < 1.29 is 37.2 Å². The first-order chi connectivity index (χ1) is 4.30. The molecule has 0 aromatic carbocycles. The Balaban J connectivity index is 0.000000810. The monoisotopic (exact) mass is 242 g/mol. The summed E-state index contributed by atoms with van der Waals surface area (Å²) in [4.78, 5) is 10.4. The summed E-state index contributed by atoms with van der Waals surface area (Å²) in [5.41, 5.74) is 0. The Morgan fingerprint density at radius 3 is 2.00 bits per heavy atom. The number of carboxylic acid groups (broad SMARTS) is 1. The average molecular weight is 241 g/mol. The molecule has 0 aromatic rings. The van der Waals surface area contributed by atoms with Crippen molar-refractivity contribution in [3.8, 4) is 0 Å². The number of carbonyl (C=O) groups is 1. The fourth-order valence-corrected chi connectivity index (χ4v) is 1.35. The molecule has 54 valence electrons. The number of aliphatic carboxylic acids is 1. The summed E-state index contributed by atoms with van der Waals surface area (Å²) in [5.74, 6) is -0.631. The number of rotatable bonds is 1. The van der Waals surface area contributed by atoms with Gasteiger partial charge in [0.05, 0.1) is 5.92 Å². The van der Waals surface area contributed by atoms with E-state index in [-0.39, 0.29) is 33.2 Å². The standard InChI is InChI=1S/C7H12O2.Cd/c8-7(9)6-4-2-1-3-5-6;/h6H,1-5H2,(H,8,9);. The summed E-state index contributed by atoms with van der Waals surface area (Å²) < 4.78 is 0. The van der Waals surface area contributed by atoms with Crippen molar-refractivity contribution in [2.45, 2.75) is 32.1 Å². The zero-order valence-corrected chi connectivity index (χ0v) is 10.2. The minimum Gasteiger partial charge on any atom is -0.481 e. The predicted octanol–water partition coefficient (Wildman–Crippen LogP) is 1.65. The van der Waals surface area contributed by atoms with E-state index in [9.17, 15) is 4.79 Å². The van der Waals surface area contributed by atoms with E-state index < -0.39 is 5.97 Å². The van der Waals surface area contributed by atoms with E-state index in [1.54, 1.807) is 0 Å². The SMILES string of the molecule is O=C(O)C1CCCCC1.[Cd]. The van der Waals surface area contributed by atoms with Gasteiger partial charge in [0, 0.05) is 27.3 Å². The molecule has 1 aliphatic rings. The van der Waals surface area contributed by atoms with Gasteiger partial charge in [0.1, 0.15) is 0 Å². The van der Waals surface area contributed by atoms with Crippen LogP contribution in [0.2, 0.25) is 0 Å². The van der Waals surface area contributed by atoms with Crippen LogP contribution < -0.4 is 0 Å². The molecule has 3 heteroatoms. The third kappa shape index (κ3) is 2.99. The summed E-state index contributed by atoms with van der Waals surface area (Å²) >= 11 is 0. The zero-order chi connectivity index (χ0) is 6.69. The second-order valence-electron chi connectivity index (χ2n) is 2.67. The van der Waals surface area contributed by atoms with Gasteiger partial charge in [-0.3, -0.25) is 4.79 Å². The van der Waals surface area contributed by atoms with Gasteiger partial charge in [-0.25, -0.2) is 0 Å². The normalized spacial score (nSPS) is 19.6. The van der Waals surface area contributed by atoms with Crippen molar-refractivity contribution in [3.63, 3.8) is 0 Å². The minimum absolute atomic E-state index is 0. The number of carboxylic acids is 1. The molecule has 1 aliphatic carbocycles. The minimum atomic E-state index is -0.602. The fraction of sp³-hybridized carbons (Fsp3) is 0.857. The van der Waals surface area contributed by atoms with Gasteiger partial charge in [-0.05, 0) is 12.8 Å². The van der Waals surface area contributed by atoms with Crippen LogP contribution in [-0.2, 0) is 32.1 Å². The van der Waals surface area contributed by atoms with Gasteiger partial charge in [0.15, 0.2) is 0 Å². The Labute approximate surface area is 81.2 Å². The third-order valence-electron chi connectivity index (χ3n) is 1.95. The molecule has 0 atom stereocenters. The molecule has 0 bridgehead atoms. The first-order valence-electron chi connectivity index (χ1n) is 3.53. The molecule has 0 heterocycles. The van der Waals surface area contributed by atoms with E-state index >= 15 is 0 Å². The number of hydrogen-bond acceptors (Lipinski definition) is 1. The van der Waals surface area contributed by atoms with Crippen molar-refractivity contribution in [2.24, 2.45) is 5.92 Å². The Morgan fingerprint density at radius 1 is 1.20 bits per heavy atom. The molecule has 0 aromatic heterocycles.